The van der Waals surface area contributed by atoms with Crippen LogP contribution in [0.4, 0.5) is 11.4 Å². The number of carboxylic acid groups (broad SMARTS) is 1. The van der Waals surface area contributed by atoms with E-state index in [9.17, 15) is 14.9 Å². The number of aliphatic carboxylic acids is 1. The van der Waals surface area contributed by atoms with Crippen LogP contribution in [0.1, 0.15) is 25.7 Å². The summed E-state index contributed by atoms with van der Waals surface area (Å²) in [6.45, 7) is 0. The van der Waals surface area contributed by atoms with Crippen molar-refractivity contribution in [3.8, 4) is 0 Å². The molecule has 1 aliphatic carbocycles. The predicted octanol–water partition coefficient (Wildman–Crippen LogP) is 3.96. The lowest BCUT2D eigenvalue weighted by Gasteiger charge is -2.27. The molecular formula is C16H16BrN3O4. The third kappa shape index (κ3) is 3.33. The smallest absolute Gasteiger partial charge is 0.311 e. The highest BCUT2D eigenvalue weighted by Crippen LogP contribution is 2.36. The molecule has 7 nitrogen and oxygen atoms in total. The molecule has 0 radical (unpaired) electrons. The van der Waals surface area contributed by atoms with E-state index in [0.717, 1.165) is 4.47 Å². The number of aromatic nitrogens is 1. The molecule has 0 bridgehead atoms. The second kappa shape index (κ2) is 6.72. The molecule has 8 heteroatoms. The van der Waals surface area contributed by atoms with Crippen LogP contribution in [0.25, 0.3) is 10.9 Å². The van der Waals surface area contributed by atoms with E-state index in [1.807, 2.05) is 6.07 Å². The summed E-state index contributed by atoms with van der Waals surface area (Å²) in [6, 6.07) is 5.46. The predicted molar refractivity (Wildman–Crippen MR) is 93.1 cm³/mol. The minimum Gasteiger partial charge on any atom is -0.481 e. The summed E-state index contributed by atoms with van der Waals surface area (Å²) in [5.74, 6) is -1.08. The molecule has 2 aromatic rings. The van der Waals surface area contributed by atoms with E-state index in [0.29, 0.717) is 42.3 Å². The van der Waals surface area contributed by atoms with Crippen molar-refractivity contribution >= 4 is 44.2 Å². The number of hydrogen-bond acceptors (Lipinski definition) is 5. The SMILES string of the molecule is O=C(O)C1CCC(Nc2c([N+](=O)[O-])cnc3ccc(Br)cc23)CC1. The lowest BCUT2D eigenvalue weighted by Crippen LogP contribution is -2.29. The molecule has 1 fully saturated rings. The lowest BCUT2D eigenvalue weighted by atomic mass is 9.86. The van der Waals surface area contributed by atoms with Gasteiger partial charge in [-0.2, -0.15) is 0 Å². The van der Waals surface area contributed by atoms with Gasteiger partial charge in [-0.15, -0.1) is 0 Å². The summed E-state index contributed by atoms with van der Waals surface area (Å²) in [4.78, 5) is 26.1. The van der Waals surface area contributed by atoms with Crippen LogP contribution >= 0.6 is 15.9 Å². The molecule has 126 valence electrons. The molecule has 0 spiro atoms. The number of nitrogens with one attached hydrogen (secondary N) is 1. The minimum absolute atomic E-state index is 0.0175. The molecule has 1 aliphatic rings. The Bertz CT molecular complexity index is 803. The van der Waals surface area contributed by atoms with Gasteiger partial charge < -0.3 is 10.4 Å². The van der Waals surface area contributed by atoms with E-state index in [1.54, 1.807) is 12.1 Å². The first-order chi connectivity index (χ1) is 11.5. The second-order valence-electron chi connectivity index (χ2n) is 5.97. The fourth-order valence-electron chi connectivity index (χ4n) is 3.13. The molecule has 1 aromatic carbocycles. The average Bonchev–Trinajstić information content (AvgIpc) is 2.55. The van der Waals surface area contributed by atoms with E-state index < -0.39 is 10.9 Å². The fraction of sp³-hybridized carbons (Fsp3) is 0.375. The van der Waals surface area contributed by atoms with Gasteiger partial charge >= 0.3 is 11.7 Å². The Balaban J connectivity index is 1.93. The highest BCUT2D eigenvalue weighted by Gasteiger charge is 2.28. The fourth-order valence-corrected chi connectivity index (χ4v) is 3.49. The number of hydrogen-bond donors (Lipinski definition) is 2. The summed E-state index contributed by atoms with van der Waals surface area (Å²) in [7, 11) is 0. The molecule has 2 N–H and O–H groups in total. The largest absolute Gasteiger partial charge is 0.481 e. The number of anilines is 1. The van der Waals surface area contributed by atoms with Gasteiger partial charge in [-0.25, -0.2) is 4.98 Å². The Morgan fingerprint density at radius 1 is 1.33 bits per heavy atom. The Morgan fingerprint density at radius 2 is 2.04 bits per heavy atom. The first kappa shape index (κ1) is 16.6. The summed E-state index contributed by atoms with van der Waals surface area (Å²) in [5, 5.41) is 24.4. The van der Waals surface area contributed by atoms with Crippen LogP contribution in [-0.2, 0) is 4.79 Å². The maximum absolute atomic E-state index is 11.4. The summed E-state index contributed by atoms with van der Waals surface area (Å²) < 4.78 is 0.815. The number of rotatable bonds is 4. The van der Waals surface area contributed by atoms with E-state index in [1.165, 1.54) is 6.20 Å². The van der Waals surface area contributed by atoms with Crippen LogP contribution in [-0.4, -0.2) is 27.0 Å². The molecule has 0 unspecified atom stereocenters. The zero-order chi connectivity index (χ0) is 17.3. The number of halogens is 1. The first-order valence-corrected chi connectivity index (χ1v) is 8.47. The Labute approximate surface area is 146 Å². The van der Waals surface area contributed by atoms with E-state index in [4.69, 9.17) is 5.11 Å². The van der Waals surface area contributed by atoms with Crippen LogP contribution < -0.4 is 5.32 Å². The number of nitro groups is 1. The topological polar surface area (TPSA) is 105 Å². The average molecular weight is 394 g/mol. The standard InChI is InChI=1S/C16H16BrN3O4/c17-10-3-6-13-12(7-10)15(14(8-18-13)20(23)24)19-11-4-1-9(2-5-11)16(21)22/h3,6-9,11H,1-2,4-5H2,(H,18,19)(H,21,22). The second-order valence-corrected chi connectivity index (χ2v) is 6.88. The minimum atomic E-state index is -0.766. The molecule has 0 aliphatic heterocycles. The van der Waals surface area contributed by atoms with Crippen LogP contribution in [0.15, 0.2) is 28.9 Å². The zero-order valence-electron chi connectivity index (χ0n) is 12.7. The molecule has 1 saturated carbocycles. The van der Waals surface area contributed by atoms with Crippen molar-refractivity contribution in [3.63, 3.8) is 0 Å². The number of pyridine rings is 1. The number of carbonyl (C=O) groups is 1. The Morgan fingerprint density at radius 3 is 2.67 bits per heavy atom. The molecule has 0 saturated heterocycles. The van der Waals surface area contributed by atoms with Gasteiger partial charge in [0.05, 0.1) is 16.4 Å². The highest BCUT2D eigenvalue weighted by molar-refractivity contribution is 9.10. The molecule has 1 aromatic heterocycles. The molecule has 0 atom stereocenters. The van der Waals surface area contributed by atoms with Crippen molar-refractivity contribution in [1.29, 1.82) is 0 Å². The normalized spacial score (nSPS) is 20.7. The first-order valence-electron chi connectivity index (χ1n) is 7.67. The summed E-state index contributed by atoms with van der Waals surface area (Å²) >= 11 is 3.39. The Hall–Kier alpha value is -2.22. The summed E-state index contributed by atoms with van der Waals surface area (Å²) in [6.07, 6.45) is 3.76. The molecule has 24 heavy (non-hydrogen) atoms. The van der Waals surface area contributed by atoms with Crippen LogP contribution in [0.5, 0.6) is 0 Å². The maximum atomic E-state index is 11.4. The zero-order valence-corrected chi connectivity index (χ0v) is 14.3. The van der Waals surface area contributed by atoms with Crippen LogP contribution in [0.3, 0.4) is 0 Å². The summed E-state index contributed by atoms with van der Waals surface area (Å²) in [5.41, 5.74) is 1.05. The van der Waals surface area contributed by atoms with E-state index in [-0.39, 0.29) is 17.6 Å². The maximum Gasteiger partial charge on any atom is 0.311 e. The molecule has 0 amide bonds. The Kier molecular flexibility index (Phi) is 4.66. The lowest BCUT2D eigenvalue weighted by molar-refractivity contribution is -0.384. The number of fused-ring (bicyclic) bond motifs is 1. The third-order valence-corrected chi connectivity index (χ3v) is 4.92. The van der Waals surface area contributed by atoms with E-state index in [2.05, 4.69) is 26.2 Å². The number of carboxylic acids is 1. The number of benzene rings is 1. The van der Waals surface area contributed by atoms with Crippen molar-refractivity contribution < 1.29 is 14.8 Å². The number of nitrogens with zero attached hydrogens (tertiary/aromatic N) is 2. The monoisotopic (exact) mass is 393 g/mol. The van der Waals surface area contributed by atoms with Crippen molar-refractivity contribution in [1.82, 2.24) is 4.98 Å². The van der Waals surface area contributed by atoms with E-state index >= 15 is 0 Å². The van der Waals surface area contributed by atoms with Gasteiger partial charge in [-0.3, -0.25) is 14.9 Å². The van der Waals surface area contributed by atoms with Crippen molar-refractivity contribution in [2.75, 3.05) is 5.32 Å². The van der Waals surface area contributed by atoms with Crippen molar-refractivity contribution in [3.05, 3.63) is 39.0 Å². The van der Waals surface area contributed by atoms with Gasteiger partial charge in [-0.05, 0) is 43.9 Å². The van der Waals surface area contributed by atoms with Crippen molar-refractivity contribution in [2.24, 2.45) is 5.92 Å². The van der Waals surface area contributed by atoms with Gasteiger partial charge in [0.15, 0.2) is 0 Å². The van der Waals surface area contributed by atoms with Crippen LogP contribution in [0, 0.1) is 16.0 Å². The third-order valence-electron chi connectivity index (χ3n) is 4.43. The highest BCUT2D eigenvalue weighted by atomic mass is 79.9. The van der Waals surface area contributed by atoms with Crippen LogP contribution in [0.2, 0.25) is 0 Å². The van der Waals surface area contributed by atoms with Crippen molar-refractivity contribution in [2.45, 2.75) is 31.7 Å². The molecule has 3 rings (SSSR count). The van der Waals surface area contributed by atoms with Gasteiger partial charge in [-0.1, -0.05) is 15.9 Å². The van der Waals surface area contributed by atoms with Gasteiger partial charge in [0.25, 0.3) is 0 Å². The van der Waals surface area contributed by atoms with Gasteiger partial charge in [0, 0.05) is 15.9 Å². The molecule has 1 heterocycles. The quantitative estimate of drug-likeness (QED) is 0.601. The van der Waals surface area contributed by atoms with Gasteiger partial charge in [0.1, 0.15) is 11.9 Å². The van der Waals surface area contributed by atoms with Gasteiger partial charge in [0.2, 0.25) is 0 Å². The molecular weight excluding hydrogens is 378 g/mol.